The Morgan fingerprint density at radius 1 is 1.33 bits per heavy atom. The van der Waals surface area contributed by atoms with Crippen molar-refractivity contribution >= 4 is 17.1 Å². The molecule has 1 heterocycles. The molecule has 2 aromatic rings. The van der Waals surface area contributed by atoms with E-state index in [0.717, 1.165) is 25.7 Å². The third-order valence-electron chi connectivity index (χ3n) is 3.39. The fourth-order valence-corrected chi connectivity index (χ4v) is 2.40. The summed E-state index contributed by atoms with van der Waals surface area (Å²) < 4.78 is 18.5. The normalized spacial score (nSPS) is 24.3. The van der Waals surface area contributed by atoms with E-state index in [4.69, 9.17) is 4.42 Å². The minimum absolute atomic E-state index is 0.0309. The van der Waals surface area contributed by atoms with Crippen LogP contribution in [0.1, 0.15) is 25.7 Å². The van der Waals surface area contributed by atoms with Crippen molar-refractivity contribution in [2.75, 3.05) is 5.32 Å². The van der Waals surface area contributed by atoms with Crippen molar-refractivity contribution in [2.24, 2.45) is 0 Å². The highest BCUT2D eigenvalue weighted by molar-refractivity contribution is 5.74. The predicted octanol–water partition coefficient (Wildman–Crippen LogP) is 2.68. The van der Waals surface area contributed by atoms with Crippen molar-refractivity contribution < 1.29 is 13.9 Å². The first kappa shape index (κ1) is 11.5. The van der Waals surface area contributed by atoms with E-state index >= 15 is 0 Å². The number of aliphatic hydroxyl groups is 1. The molecule has 4 nitrogen and oxygen atoms in total. The first-order valence-corrected chi connectivity index (χ1v) is 6.23. The van der Waals surface area contributed by atoms with Crippen LogP contribution < -0.4 is 5.32 Å². The molecule has 1 aliphatic rings. The summed E-state index contributed by atoms with van der Waals surface area (Å²) in [5.74, 6) is -0.333. The fourth-order valence-electron chi connectivity index (χ4n) is 2.40. The van der Waals surface area contributed by atoms with Crippen molar-refractivity contribution in [3.63, 3.8) is 0 Å². The number of hydrogen-bond donors (Lipinski definition) is 2. The van der Waals surface area contributed by atoms with E-state index in [0.29, 0.717) is 17.1 Å². The number of fused-ring (bicyclic) bond motifs is 1. The van der Waals surface area contributed by atoms with Gasteiger partial charge in [0.15, 0.2) is 5.58 Å². The van der Waals surface area contributed by atoms with Gasteiger partial charge < -0.3 is 14.8 Å². The summed E-state index contributed by atoms with van der Waals surface area (Å²) in [5, 5.41) is 12.9. The van der Waals surface area contributed by atoms with Gasteiger partial charge in [-0.1, -0.05) is 12.8 Å². The average molecular weight is 250 g/mol. The van der Waals surface area contributed by atoms with Gasteiger partial charge in [0.25, 0.3) is 6.01 Å². The second-order valence-electron chi connectivity index (χ2n) is 4.73. The Balaban J connectivity index is 1.81. The van der Waals surface area contributed by atoms with Gasteiger partial charge in [-0.15, -0.1) is 0 Å². The lowest BCUT2D eigenvalue weighted by molar-refractivity contribution is 0.115. The average Bonchev–Trinajstić information content (AvgIpc) is 2.73. The van der Waals surface area contributed by atoms with E-state index in [-0.39, 0.29) is 18.0 Å². The zero-order chi connectivity index (χ0) is 12.5. The van der Waals surface area contributed by atoms with Crippen LogP contribution in [0.2, 0.25) is 0 Å². The Hall–Kier alpha value is -1.62. The summed E-state index contributed by atoms with van der Waals surface area (Å²) in [7, 11) is 0. The number of hydrogen-bond acceptors (Lipinski definition) is 4. The number of nitrogens with zero attached hydrogens (tertiary/aromatic N) is 1. The molecule has 0 saturated heterocycles. The molecular weight excluding hydrogens is 235 g/mol. The van der Waals surface area contributed by atoms with E-state index in [2.05, 4.69) is 10.3 Å². The summed E-state index contributed by atoms with van der Waals surface area (Å²) in [4.78, 5) is 4.17. The standard InChI is InChI=1S/C13H15FN2O2/c14-8-5-6-12-10(7-8)16-13(18-12)15-9-3-1-2-4-11(9)17/h5-7,9,11,17H,1-4H2,(H,15,16)/t9-,11-/m0/s1. The fraction of sp³-hybridized carbons (Fsp3) is 0.462. The van der Waals surface area contributed by atoms with Crippen molar-refractivity contribution in [3.05, 3.63) is 24.0 Å². The largest absolute Gasteiger partial charge is 0.424 e. The lowest BCUT2D eigenvalue weighted by atomic mass is 9.93. The minimum Gasteiger partial charge on any atom is -0.424 e. The molecule has 0 spiro atoms. The number of nitrogens with one attached hydrogen (secondary N) is 1. The monoisotopic (exact) mass is 250 g/mol. The van der Waals surface area contributed by atoms with Crippen LogP contribution in [-0.2, 0) is 0 Å². The highest BCUT2D eigenvalue weighted by atomic mass is 19.1. The minimum atomic E-state index is -0.370. The molecule has 2 atom stereocenters. The maximum atomic E-state index is 13.0. The molecule has 1 fully saturated rings. The Morgan fingerprint density at radius 3 is 3.00 bits per heavy atom. The number of halogens is 1. The zero-order valence-corrected chi connectivity index (χ0v) is 9.90. The lowest BCUT2D eigenvalue weighted by Gasteiger charge is -2.27. The van der Waals surface area contributed by atoms with E-state index in [1.807, 2.05) is 0 Å². The van der Waals surface area contributed by atoms with Crippen molar-refractivity contribution in [1.29, 1.82) is 0 Å². The van der Waals surface area contributed by atoms with Gasteiger partial charge >= 0.3 is 0 Å². The van der Waals surface area contributed by atoms with Gasteiger partial charge in [0.2, 0.25) is 0 Å². The molecule has 0 aliphatic heterocycles. The molecule has 1 aliphatic carbocycles. The second kappa shape index (κ2) is 4.57. The molecule has 1 aromatic carbocycles. The van der Waals surface area contributed by atoms with Crippen LogP contribution >= 0.6 is 0 Å². The van der Waals surface area contributed by atoms with Gasteiger partial charge in [-0.2, -0.15) is 4.98 Å². The van der Waals surface area contributed by atoms with Crippen LogP contribution in [0, 0.1) is 5.82 Å². The Morgan fingerprint density at radius 2 is 2.17 bits per heavy atom. The van der Waals surface area contributed by atoms with E-state index in [1.165, 1.54) is 12.1 Å². The topological polar surface area (TPSA) is 58.3 Å². The molecule has 5 heteroatoms. The Bertz CT molecular complexity index is 555. The highest BCUT2D eigenvalue weighted by Crippen LogP contribution is 2.24. The van der Waals surface area contributed by atoms with Crippen LogP contribution in [-0.4, -0.2) is 22.2 Å². The van der Waals surface area contributed by atoms with Crippen LogP contribution in [0.25, 0.3) is 11.1 Å². The number of aliphatic hydroxyl groups excluding tert-OH is 1. The summed E-state index contributed by atoms with van der Waals surface area (Å²) in [6, 6.07) is 4.55. The quantitative estimate of drug-likeness (QED) is 0.860. The summed E-state index contributed by atoms with van der Waals surface area (Å²) in [6.07, 6.45) is 3.47. The molecule has 1 aromatic heterocycles. The third-order valence-corrected chi connectivity index (χ3v) is 3.39. The van der Waals surface area contributed by atoms with Crippen molar-refractivity contribution in [3.8, 4) is 0 Å². The van der Waals surface area contributed by atoms with Crippen molar-refractivity contribution in [2.45, 2.75) is 37.8 Å². The second-order valence-corrected chi connectivity index (χ2v) is 4.73. The molecule has 0 bridgehead atoms. The maximum Gasteiger partial charge on any atom is 0.295 e. The molecule has 0 amide bonds. The Labute approximate surface area is 104 Å². The summed E-state index contributed by atoms with van der Waals surface area (Å²) in [6.45, 7) is 0. The van der Waals surface area contributed by atoms with Gasteiger partial charge in [0.05, 0.1) is 12.1 Å². The molecule has 96 valence electrons. The molecular formula is C13H15FN2O2. The summed E-state index contributed by atoms with van der Waals surface area (Å²) in [5.41, 5.74) is 1.03. The highest BCUT2D eigenvalue weighted by Gasteiger charge is 2.24. The maximum absolute atomic E-state index is 13.0. The van der Waals surface area contributed by atoms with Crippen LogP contribution in [0.4, 0.5) is 10.4 Å². The number of rotatable bonds is 2. The first-order valence-electron chi connectivity index (χ1n) is 6.23. The number of oxazole rings is 1. The molecule has 1 saturated carbocycles. The third kappa shape index (κ3) is 2.18. The Kier molecular flexibility index (Phi) is 2.91. The van der Waals surface area contributed by atoms with Crippen LogP contribution in [0.5, 0.6) is 0 Å². The number of anilines is 1. The number of aromatic nitrogens is 1. The van der Waals surface area contributed by atoms with Gasteiger partial charge in [-0.3, -0.25) is 0 Å². The number of benzene rings is 1. The molecule has 3 rings (SSSR count). The van der Waals surface area contributed by atoms with Crippen LogP contribution in [0.3, 0.4) is 0 Å². The van der Waals surface area contributed by atoms with E-state index < -0.39 is 0 Å². The predicted molar refractivity (Wildman–Crippen MR) is 65.9 cm³/mol. The summed E-state index contributed by atoms with van der Waals surface area (Å²) >= 11 is 0. The molecule has 18 heavy (non-hydrogen) atoms. The van der Waals surface area contributed by atoms with Crippen molar-refractivity contribution in [1.82, 2.24) is 4.98 Å². The van der Waals surface area contributed by atoms with Crippen LogP contribution in [0.15, 0.2) is 22.6 Å². The van der Waals surface area contributed by atoms with Gasteiger partial charge in [0, 0.05) is 6.07 Å². The molecule has 0 radical (unpaired) electrons. The van der Waals surface area contributed by atoms with Gasteiger partial charge in [-0.25, -0.2) is 4.39 Å². The van der Waals surface area contributed by atoms with Gasteiger partial charge in [0.1, 0.15) is 11.3 Å². The van der Waals surface area contributed by atoms with Gasteiger partial charge in [-0.05, 0) is 25.0 Å². The molecule has 0 unspecified atom stereocenters. The zero-order valence-electron chi connectivity index (χ0n) is 9.90. The van der Waals surface area contributed by atoms with E-state index in [9.17, 15) is 9.50 Å². The molecule has 2 N–H and O–H groups in total. The lowest BCUT2D eigenvalue weighted by Crippen LogP contribution is -2.36. The first-order chi connectivity index (χ1) is 8.72. The smallest absolute Gasteiger partial charge is 0.295 e. The van der Waals surface area contributed by atoms with E-state index in [1.54, 1.807) is 6.07 Å². The SMILES string of the molecule is O[C@H]1CCCC[C@@H]1Nc1nc2cc(F)ccc2o1.